The van der Waals surface area contributed by atoms with E-state index in [1.165, 1.54) is 0 Å². The molecule has 2 aliphatic rings. The van der Waals surface area contributed by atoms with Gasteiger partial charge in [-0.2, -0.15) is 0 Å². The first kappa shape index (κ1) is 14.2. The van der Waals surface area contributed by atoms with Crippen LogP contribution in [0, 0.1) is 0 Å². The summed E-state index contributed by atoms with van der Waals surface area (Å²) in [6.07, 6.45) is 1.20. The Hall–Kier alpha value is -0.170. The van der Waals surface area contributed by atoms with Gasteiger partial charge in [0.1, 0.15) is 0 Å². The highest BCUT2D eigenvalue weighted by Crippen LogP contribution is 2.23. The van der Waals surface area contributed by atoms with E-state index in [1.807, 2.05) is 0 Å². The number of hydrogen-bond donors (Lipinski definition) is 0. The molecule has 0 aromatic heterocycles. The van der Waals surface area contributed by atoms with Crippen molar-refractivity contribution < 1.29 is 17.9 Å². The van der Waals surface area contributed by atoms with Gasteiger partial charge in [0.15, 0.2) is 9.84 Å². The van der Waals surface area contributed by atoms with E-state index in [0.717, 1.165) is 19.6 Å². The van der Waals surface area contributed by atoms with E-state index in [4.69, 9.17) is 9.47 Å². The molecule has 0 saturated carbocycles. The molecule has 0 aliphatic carbocycles. The second kappa shape index (κ2) is 5.45. The standard InChI is InChI=1S/C12H23NO4S/c1-12(2)10-13(5-8-18(12,14)15)4-7-17-11-3-6-16-9-11/h11H,3-10H2,1-2H3. The number of rotatable bonds is 4. The molecule has 1 unspecified atom stereocenters. The fourth-order valence-electron chi connectivity index (χ4n) is 2.43. The average Bonchev–Trinajstić information content (AvgIpc) is 2.76. The van der Waals surface area contributed by atoms with Crippen molar-refractivity contribution in [1.82, 2.24) is 4.90 Å². The van der Waals surface area contributed by atoms with Crippen molar-refractivity contribution in [2.75, 3.05) is 45.2 Å². The van der Waals surface area contributed by atoms with Crippen LogP contribution in [0.15, 0.2) is 0 Å². The summed E-state index contributed by atoms with van der Waals surface area (Å²) in [4.78, 5) is 2.18. The Labute approximate surface area is 109 Å². The molecule has 2 aliphatic heterocycles. The molecule has 2 saturated heterocycles. The lowest BCUT2D eigenvalue weighted by atomic mass is 10.2. The Morgan fingerprint density at radius 1 is 1.44 bits per heavy atom. The van der Waals surface area contributed by atoms with Crippen LogP contribution in [0.3, 0.4) is 0 Å². The molecule has 0 radical (unpaired) electrons. The van der Waals surface area contributed by atoms with E-state index in [1.54, 1.807) is 13.8 Å². The van der Waals surface area contributed by atoms with E-state index in [2.05, 4.69) is 4.90 Å². The quantitative estimate of drug-likeness (QED) is 0.740. The van der Waals surface area contributed by atoms with Crippen LogP contribution in [0.4, 0.5) is 0 Å². The Morgan fingerprint density at radius 2 is 2.22 bits per heavy atom. The number of sulfone groups is 1. The van der Waals surface area contributed by atoms with Crippen molar-refractivity contribution in [3.63, 3.8) is 0 Å². The first-order valence-corrected chi connectivity index (χ1v) is 8.20. The second-order valence-corrected chi connectivity index (χ2v) is 8.45. The van der Waals surface area contributed by atoms with Crippen LogP contribution in [0.2, 0.25) is 0 Å². The summed E-state index contributed by atoms with van der Waals surface area (Å²) < 4.78 is 34.0. The maximum Gasteiger partial charge on any atom is 0.157 e. The van der Waals surface area contributed by atoms with Gasteiger partial charge in [-0.05, 0) is 20.3 Å². The van der Waals surface area contributed by atoms with Gasteiger partial charge in [0.05, 0.1) is 29.8 Å². The first-order valence-electron chi connectivity index (χ1n) is 6.55. The van der Waals surface area contributed by atoms with Crippen LogP contribution in [0.1, 0.15) is 20.3 Å². The summed E-state index contributed by atoms with van der Waals surface area (Å²) in [7, 11) is -2.94. The van der Waals surface area contributed by atoms with Gasteiger partial charge in [0.25, 0.3) is 0 Å². The van der Waals surface area contributed by atoms with Gasteiger partial charge < -0.3 is 9.47 Å². The van der Waals surface area contributed by atoms with Crippen molar-refractivity contribution in [2.45, 2.75) is 31.1 Å². The number of hydrogen-bond acceptors (Lipinski definition) is 5. The summed E-state index contributed by atoms with van der Waals surface area (Å²) in [6.45, 7) is 7.77. The van der Waals surface area contributed by atoms with Crippen molar-refractivity contribution >= 4 is 9.84 Å². The van der Waals surface area contributed by atoms with Gasteiger partial charge in [-0.3, -0.25) is 4.90 Å². The van der Waals surface area contributed by atoms with Crippen molar-refractivity contribution in [1.29, 1.82) is 0 Å². The van der Waals surface area contributed by atoms with Crippen molar-refractivity contribution in [2.24, 2.45) is 0 Å². The topological polar surface area (TPSA) is 55.8 Å². The van der Waals surface area contributed by atoms with Crippen LogP contribution in [0.25, 0.3) is 0 Å². The Morgan fingerprint density at radius 3 is 2.83 bits per heavy atom. The zero-order valence-corrected chi connectivity index (χ0v) is 12.0. The molecule has 2 fully saturated rings. The minimum absolute atomic E-state index is 0.228. The maximum absolute atomic E-state index is 11.9. The lowest BCUT2D eigenvalue weighted by molar-refractivity contribution is 0.0288. The predicted molar refractivity (Wildman–Crippen MR) is 69.5 cm³/mol. The molecule has 2 heterocycles. The van der Waals surface area contributed by atoms with Crippen LogP contribution >= 0.6 is 0 Å². The number of nitrogens with zero attached hydrogens (tertiary/aromatic N) is 1. The lowest BCUT2D eigenvalue weighted by Crippen LogP contribution is -2.53. The van der Waals surface area contributed by atoms with Crippen LogP contribution in [0.5, 0.6) is 0 Å². The summed E-state index contributed by atoms with van der Waals surface area (Å²) >= 11 is 0. The summed E-state index contributed by atoms with van der Waals surface area (Å²) in [5, 5.41) is 0. The van der Waals surface area contributed by atoms with Crippen molar-refractivity contribution in [3.05, 3.63) is 0 Å². The van der Waals surface area contributed by atoms with Gasteiger partial charge in [0.2, 0.25) is 0 Å². The van der Waals surface area contributed by atoms with E-state index in [-0.39, 0.29) is 11.9 Å². The van der Waals surface area contributed by atoms with E-state index < -0.39 is 14.6 Å². The maximum atomic E-state index is 11.9. The molecule has 0 amide bonds. The highest BCUT2D eigenvalue weighted by molar-refractivity contribution is 7.92. The molecule has 0 bridgehead atoms. The fraction of sp³-hybridized carbons (Fsp3) is 1.00. The van der Waals surface area contributed by atoms with E-state index in [0.29, 0.717) is 26.3 Å². The predicted octanol–water partition coefficient (Wildman–Crippen LogP) is 0.301. The normalized spacial score (nSPS) is 31.6. The fourth-order valence-corrected chi connectivity index (χ4v) is 3.86. The Kier molecular flexibility index (Phi) is 4.31. The molecule has 106 valence electrons. The van der Waals surface area contributed by atoms with Gasteiger partial charge >= 0.3 is 0 Å². The molecular weight excluding hydrogens is 254 g/mol. The average molecular weight is 277 g/mol. The molecule has 0 N–H and O–H groups in total. The Balaban J connectivity index is 1.74. The summed E-state index contributed by atoms with van der Waals surface area (Å²) in [5.74, 6) is 0.256. The molecule has 18 heavy (non-hydrogen) atoms. The molecule has 6 heteroatoms. The molecule has 5 nitrogen and oxygen atoms in total. The molecule has 0 spiro atoms. The highest BCUT2D eigenvalue weighted by atomic mass is 32.2. The largest absolute Gasteiger partial charge is 0.379 e. The Bertz CT molecular complexity index is 374. The molecule has 1 atom stereocenters. The van der Waals surface area contributed by atoms with Crippen LogP contribution in [-0.4, -0.2) is 69.4 Å². The SMILES string of the molecule is CC1(C)CN(CCOC2CCOC2)CCS1(=O)=O. The third-order valence-electron chi connectivity index (χ3n) is 3.77. The second-order valence-electron chi connectivity index (χ2n) is 5.71. The smallest absolute Gasteiger partial charge is 0.157 e. The van der Waals surface area contributed by atoms with Gasteiger partial charge in [-0.15, -0.1) is 0 Å². The van der Waals surface area contributed by atoms with Gasteiger partial charge in [-0.1, -0.05) is 0 Å². The van der Waals surface area contributed by atoms with Crippen LogP contribution < -0.4 is 0 Å². The lowest BCUT2D eigenvalue weighted by Gasteiger charge is -2.37. The highest BCUT2D eigenvalue weighted by Gasteiger charge is 2.39. The number of ether oxygens (including phenoxy) is 2. The molecular formula is C12H23NO4S. The molecule has 2 rings (SSSR count). The van der Waals surface area contributed by atoms with E-state index in [9.17, 15) is 8.42 Å². The minimum Gasteiger partial charge on any atom is -0.379 e. The summed E-state index contributed by atoms with van der Waals surface area (Å²) in [5.41, 5.74) is 0. The third-order valence-corrected chi connectivity index (χ3v) is 6.30. The third kappa shape index (κ3) is 3.23. The molecule has 0 aromatic carbocycles. The first-order chi connectivity index (χ1) is 8.41. The zero-order chi connectivity index (χ0) is 13.2. The zero-order valence-electron chi connectivity index (χ0n) is 11.2. The van der Waals surface area contributed by atoms with Gasteiger partial charge in [-0.25, -0.2) is 8.42 Å². The molecule has 0 aromatic rings. The van der Waals surface area contributed by atoms with Crippen LogP contribution in [-0.2, 0) is 19.3 Å². The van der Waals surface area contributed by atoms with E-state index >= 15 is 0 Å². The van der Waals surface area contributed by atoms with Gasteiger partial charge in [0, 0.05) is 26.2 Å². The summed E-state index contributed by atoms with van der Waals surface area (Å²) in [6, 6.07) is 0. The minimum atomic E-state index is -2.94. The van der Waals surface area contributed by atoms with Crippen molar-refractivity contribution in [3.8, 4) is 0 Å². The monoisotopic (exact) mass is 277 g/mol.